The Labute approximate surface area is 358 Å². The second-order valence-electron chi connectivity index (χ2n) is 17.6. The Bertz CT molecular complexity index is 2970. The van der Waals surface area contributed by atoms with Gasteiger partial charge in [-0.3, -0.25) is 0 Å². The monoisotopic (exact) mass is 787 g/mol. The molecule has 1 aromatic heterocycles. The van der Waals surface area contributed by atoms with Gasteiger partial charge in [-0.2, -0.15) is 10.5 Å². The van der Waals surface area contributed by atoms with Gasteiger partial charge in [0.2, 0.25) is 0 Å². The van der Waals surface area contributed by atoms with E-state index in [-0.39, 0.29) is 5.41 Å². The predicted molar refractivity (Wildman–Crippen MR) is 246 cm³/mol. The highest BCUT2D eigenvalue weighted by Gasteiger charge is 2.45. The van der Waals surface area contributed by atoms with Gasteiger partial charge in [0.15, 0.2) is 17.5 Å². The molecule has 0 saturated heterocycles. The maximum atomic E-state index is 9.79. The van der Waals surface area contributed by atoms with Crippen LogP contribution in [0.5, 0.6) is 0 Å². The zero-order valence-electron chi connectivity index (χ0n) is 34.5. The van der Waals surface area contributed by atoms with Crippen LogP contribution < -0.4 is 0 Å². The first-order valence-electron chi connectivity index (χ1n) is 21.5. The number of benzene rings is 7. The summed E-state index contributed by atoms with van der Waals surface area (Å²) < 4.78 is 0. The summed E-state index contributed by atoms with van der Waals surface area (Å²) in [5.41, 5.74) is 12.1. The van der Waals surface area contributed by atoms with Crippen LogP contribution in [0.1, 0.15) is 62.6 Å². The van der Waals surface area contributed by atoms with Gasteiger partial charge < -0.3 is 0 Å². The number of nitrogens with zero attached hydrogens (tertiary/aromatic N) is 5. The molecule has 5 heteroatoms. The Hall–Kier alpha value is -7.21. The fraction of sp³-hybridized carbons (Fsp3) is 0.196. The highest BCUT2D eigenvalue weighted by Crippen LogP contribution is 2.54. The summed E-state index contributed by atoms with van der Waals surface area (Å²) in [5.74, 6) is 4.03. The molecule has 2 aliphatic rings. The molecule has 5 nitrogen and oxygen atoms in total. The molecule has 1 heterocycles. The molecule has 0 N–H and O–H groups in total. The van der Waals surface area contributed by atoms with Crippen LogP contribution in [0.3, 0.4) is 0 Å². The Kier molecular flexibility index (Phi) is 9.82. The van der Waals surface area contributed by atoms with Gasteiger partial charge in [0.1, 0.15) is 0 Å². The summed E-state index contributed by atoms with van der Waals surface area (Å²) in [6.45, 7) is 4.91. The van der Waals surface area contributed by atoms with E-state index in [9.17, 15) is 10.5 Å². The van der Waals surface area contributed by atoms with Crippen LogP contribution in [-0.2, 0) is 5.41 Å². The summed E-state index contributed by atoms with van der Waals surface area (Å²) in [7, 11) is 0. The van der Waals surface area contributed by atoms with Gasteiger partial charge in [-0.15, -0.1) is 0 Å². The molecule has 2 fully saturated rings. The Morgan fingerprint density at radius 2 is 0.967 bits per heavy atom. The van der Waals surface area contributed by atoms with Crippen molar-refractivity contribution in [3.05, 3.63) is 174 Å². The molecule has 2 saturated carbocycles. The van der Waals surface area contributed by atoms with Crippen LogP contribution >= 0.6 is 0 Å². The van der Waals surface area contributed by atoms with Crippen LogP contribution in [0, 0.1) is 40.4 Å². The van der Waals surface area contributed by atoms with E-state index in [1.54, 1.807) is 12.1 Å². The SMILES string of the molecule is C[C@@H]1CC2C[C@H](C)CC(c3ccc(-c4cc(-c5ccc(-c6ccc(C#N)c7ccccc67)cc5)cc(-c5nc(-c6ccccc6)nc(-c6ccc(C#N)cc6)n5)c4)cc3)(C2)C1. The van der Waals surface area contributed by atoms with Crippen LogP contribution in [0.4, 0.5) is 0 Å². The number of nitriles is 2. The molecule has 2 aliphatic carbocycles. The molecule has 0 spiro atoms. The van der Waals surface area contributed by atoms with E-state index in [0.717, 1.165) is 78.6 Å². The molecular weight excluding hydrogens is 743 g/mol. The van der Waals surface area contributed by atoms with E-state index in [0.29, 0.717) is 28.6 Å². The van der Waals surface area contributed by atoms with E-state index in [1.807, 2.05) is 66.7 Å². The lowest BCUT2D eigenvalue weighted by molar-refractivity contribution is 0.0780. The molecular formula is C56H45N5. The highest BCUT2D eigenvalue weighted by atomic mass is 15.0. The molecule has 2 unspecified atom stereocenters. The Morgan fingerprint density at radius 1 is 0.459 bits per heavy atom. The first-order chi connectivity index (χ1) is 29.8. The van der Waals surface area contributed by atoms with Crippen molar-refractivity contribution < 1.29 is 0 Å². The highest BCUT2D eigenvalue weighted by molar-refractivity contribution is 6.00. The minimum Gasteiger partial charge on any atom is -0.208 e. The number of rotatable bonds is 7. The lowest BCUT2D eigenvalue weighted by Crippen LogP contribution is -2.42. The van der Waals surface area contributed by atoms with Gasteiger partial charge in [-0.05, 0) is 148 Å². The first-order valence-corrected chi connectivity index (χ1v) is 21.5. The van der Waals surface area contributed by atoms with Gasteiger partial charge in [-0.25, -0.2) is 15.0 Å². The Balaban J connectivity index is 1.10. The van der Waals surface area contributed by atoms with Crippen molar-refractivity contribution in [1.82, 2.24) is 15.0 Å². The summed E-state index contributed by atoms with van der Waals surface area (Å²) in [5, 5.41) is 21.3. The fourth-order valence-corrected chi connectivity index (χ4v) is 10.7. The van der Waals surface area contributed by atoms with E-state index >= 15 is 0 Å². The average Bonchev–Trinajstić information content (AvgIpc) is 3.31. The molecule has 0 aliphatic heterocycles. The first kappa shape index (κ1) is 38.0. The topological polar surface area (TPSA) is 86.2 Å². The predicted octanol–water partition coefficient (Wildman–Crippen LogP) is 13.9. The molecule has 7 aromatic carbocycles. The number of aromatic nitrogens is 3. The second kappa shape index (κ2) is 15.8. The minimum atomic E-state index is 0.258. The largest absolute Gasteiger partial charge is 0.208 e. The van der Waals surface area contributed by atoms with Crippen molar-refractivity contribution in [3.63, 3.8) is 0 Å². The van der Waals surface area contributed by atoms with E-state index in [2.05, 4.69) is 105 Å². The van der Waals surface area contributed by atoms with Gasteiger partial charge in [0.25, 0.3) is 0 Å². The van der Waals surface area contributed by atoms with Crippen molar-refractivity contribution >= 4 is 10.8 Å². The summed E-state index contributed by atoms with van der Waals surface area (Å²) in [6.07, 6.45) is 6.57. The number of hydrogen-bond acceptors (Lipinski definition) is 5. The van der Waals surface area contributed by atoms with Gasteiger partial charge in [0, 0.05) is 22.1 Å². The average molecular weight is 788 g/mol. The molecule has 294 valence electrons. The van der Waals surface area contributed by atoms with Gasteiger partial charge >= 0.3 is 0 Å². The van der Waals surface area contributed by atoms with Crippen molar-refractivity contribution in [2.24, 2.45) is 17.8 Å². The van der Waals surface area contributed by atoms with Crippen LogP contribution in [-0.4, -0.2) is 15.0 Å². The van der Waals surface area contributed by atoms with Crippen LogP contribution in [0.15, 0.2) is 158 Å². The minimum absolute atomic E-state index is 0.258. The van der Waals surface area contributed by atoms with Crippen LogP contribution in [0.2, 0.25) is 0 Å². The maximum absolute atomic E-state index is 9.79. The van der Waals surface area contributed by atoms with Crippen molar-refractivity contribution in [2.75, 3.05) is 0 Å². The zero-order valence-corrected chi connectivity index (χ0v) is 34.5. The van der Waals surface area contributed by atoms with Gasteiger partial charge in [-0.1, -0.05) is 123 Å². The molecule has 2 bridgehead atoms. The van der Waals surface area contributed by atoms with Crippen LogP contribution in [0.25, 0.3) is 78.3 Å². The number of hydrogen-bond donors (Lipinski definition) is 0. The molecule has 10 rings (SSSR count). The number of fused-ring (bicyclic) bond motifs is 3. The van der Waals surface area contributed by atoms with E-state index < -0.39 is 0 Å². The molecule has 0 amide bonds. The van der Waals surface area contributed by atoms with Gasteiger partial charge in [0.05, 0.1) is 23.3 Å². The zero-order chi connectivity index (χ0) is 41.5. The summed E-state index contributed by atoms with van der Waals surface area (Å²) in [4.78, 5) is 15.2. The summed E-state index contributed by atoms with van der Waals surface area (Å²) >= 11 is 0. The Morgan fingerprint density at radius 3 is 1.57 bits per heavy atom. The third-order valence-electron chi connectivity index (χ3n) is 13.2. The van der Waals surface area contributed by atoms with Crippen molar-refractivity contribution in [1.29, 1.82) is 10.5 Å². The molecule has 61 heavy (non-hydrogen) atoms. The fourth-order valence-electron chi connectivity index (χ4n) is 10.7. The summed E-state index contributed by atoms with van der Waals surface area (Å²) in [6, 6.07) is 58.9. The van der Waals surface area contributed by atoms with E-state index in [4.69, 9.17) is 15.0 Å². The quantitative estimate of drug-likeness (QED) is 0.161. The smallest absolute Gasteiger partial charge is 0.164 e. The lowest BCUT2D eigenvalue weighted by Gasteiger charge is -2.50. The van der Waals surface area contributed by atoms with Crippen molar-refractivity contribution in [3.8, 4) is 79.7 Å². The standard InChI is InChI=1S/C56H45N5/c1-36-26-39-27-37(2)32-56(31-36,33-39)49-23-20-41(21-24-49)47-28-46(40-16-18-42(19-17-40)51-25-22-45(35-58)50-10-6-7-11-52(50)51)29-48(30-47)55-60-53(43-8-4-3-5-9-43)59-54(61-55)44-14-12-38(34-57)13-15-44/h3-25,28-30,36-37,39H,26-27,31-33H2,1-2H3/t36-,37+,39?,56?. The third kappa shape index (κ3) is 7.39. The third-order valence-corrected chi connectivity index (χ3v) is 13.2. The lowest BCUT2D eigenvalue weighted by atomic mass is 9.54. The normalized spacial score (nSPS) is 19.5. The molecule has 4 atom stereocenters. The second-order valence-corrected chi connectivity index (χ2v) is 17.6. The maximum Gasteiger partial charge on any atom is 0.164 e. The molecule has 0 radical (unpaired) electrons. The molecule has 8 aromatic rings. The van der Waals surface area contributed by atoms with E-state index in [1.165, 1.54) is 37.7 Å². The van der Waals surface area contributed by atoms with Crippen molar-refractivity contribution in [2.45, 2.75) is 51.4 Å².